The molecule has 0 aliphatic heterocycles. The zero-order valence-corrected chi connectivity index (χ0v) is 9.86. The van der Waals surface area contributed by atoms with E-state index in [0.29, 0.717) is 0 Å². The highest BCUT2D eigenvalue weighted by Gasteiger charge is 2.37. The average molecular weight is 259 g/mol. The second kappa shape index (κ2) is 4.11. The maximum absolute atomic E-state index is 12.9. The molecule has 0 amide bonds. The number of fused-ring (bicyclic) bond motifs is 1. The minimum Gasteiger partial charge on any atom is -0.383 e. The molecular formula is C10H12F3N5. The lowest BCUT2D eigenvalue weighted by molar-refractivity contribution is -0.141. The minimum absolute atomic E-state index is 0.0242. The maximum atomic E-state index is 12.9. The number of nitrogens with zero attached hydrogens (tertiary/aromatic N) is 4. The van der Waals surface area contributed by atoms with Gasteiger partial charge >= 0.3 is 6.18 Å². The molecule has 5 nitrogen and oxygen atoms in total. The van der Waals surface area contributed by atoms with Crippen LogP contribution in [0.4, 0.5) is 19.0 Å². The van der Waals surface area contributed by atoms with Crippen LogP contribution in [0.25, 0.3) is 5.78 Å². The average Bonchev–Trinajstić information content (AvgIpc) is 2.68. The highest BCUT2D eigenvalue weighted by molar-refractivity contribution is 5.50. The van der Waals surface area contributed by atoms with E-state index in [2.05, 4.69) is 15.1 Å². The largest absolute Gasteiger partial charge is 0.433 e. The van der Waals surface area contributed by atoms with Crippen molar-refractivity contribution in [2.45, 2.75) is 26.4 Å². The first-order valence-electron chi connectivity index (χ1n) is 5.36. The molecule has 2 aromatic heterocycles. The summed E-state index contributed by atoms with van der Waals surface area (Å²) in [6, 6.07) is 0. The molecule has 0 bridgehead atoms. The molecule has 98 valence electrons. The highest BCUT2D eigenvalue weighted by atomic mass is 19.4. The fourth-order valence-electron chi connectivity index (χ4n) is 1.74. The molecule has 0 aliphatic rings. The highest BCUT2D eigenvalue weighted by Crippen LogP contribution is 2.34. The molecule has 0 aliphatic carbocycles. The van der Waals surface area contributed by atoms with Crippen LogP contribution < -0.4 is 5.73 Å². The van der Waals surface area contributed by atoms with Crippen molar-refractivity contribution in [2.75, 3.05) is 5.73 Å². The fraction of sp³-hybridized carbons (Fsp3) is 0.500. The van der Waals surface area contributed by atoms with Gasteiger partial charge in [0.05, 0.1) is 0 Å². The van der Waals surface area contributed by atoms with Crippen LogP contribution in [0.1, 0.15) is 25.1 Å². The smallest absolute Gasteiger partial charge is 0.383 e. The van der Waals surface area contributed by atoms with Crippen LogP contribution in [-0.4, -0.2) is 19.6 Å². The van der Waals surface area contributed by atoms with Crippen LogP contribution in [0.2, 0.25) is 0 Å². The number of anilines is 1. The van der Waals surface area contributed by atoms with Gasteiger partial charge in [-0.25, -0.2) is 4.98 Å². The third-order valence-corrected chi connectivity index (χ3v) is 2.45. The molecule has 18 heavy (non-hydrogen) atoms. The van der Waals surface area contributed by atoms with Crippen LogP contribution in [0.3, 0.4) is 0 Å². The third-order valence-electron chi connectivity index (χ3n) is 2.45. The molecular weight excluding hydrogens is 247 g/mol. The van der Waals surface area contributed by atoms with Crippen molar-refractivity contribution in [1.29, 1.82) is 0 Å². The van der Waals surface area contributed by atoms with Gasteiger partial charge in [0.2, 0.25) is 0 Å². The Labute approximate surface area is 101 Å². The molecule has 0 aromatic carbocycles. The summed E-state index contributed by atoms with van der Waals surface area (Å²) in [6.07, 6.45) is -3.24. The topological polar surface area (TPSA) is 69.1 Å². The minimum atomic E-state index is -4.55. The summed E-state index contributed by atoms with van der Waals surface area (Å²) in [6.45, 7) is 3.62. The van der Waals surface area contributed by atoms with Gasteiger partial charge < -0.3 is 5.73 Å². The van der Waals surface area contributed by atoms with Crippen LogP contribution in [-0.2, 0) is 12.6 Å². The zero-order valence-electron chi connectivity index (χ0n) is 9.86. The molecule has 0 spiro atoms. The van der Waals surface area contributed by atoms with Crippen LogP contribution in [0.5, 0.6) is 0 Å². The van der Waals surface area contributed by atoms with E-state index in [4.69, 9.17) is 5.73 Å². The molecule has 0 radical (unpaired) electrons. The van der Waals surface area contributed by atoms with Crippen molar-refractivity contribution in [3.63, 3.8) is 0 Å². The second-order valence-electron chi connectivity index (χ2n) is 4.39. The van der Waals surface area contributed by atoms with Crippen molar-refractivity contribution in [3.8, 4) is 0 Å². The molecule has 2 heterocycles. The summed E-state index contributed by atoms with van der Waals surface area (Å²) in [5, 5.41) is 3.76. The normalized spacial score (nSPS) is 12.6. The number of hydrogen-bond donors (Lipinski definition) is 1. The van der Waals surface area contributed by atoms with Gasteiger partial charge in [0.1, 0.15) is 12.1 Å². The number of nitrogens with two attached hydrogens (primary N) is 1. The van der Waals surface area contributed by atoms with E-state index in [1.807, 2.05) is 13.8 Å². The van der Waals surface area contributed by atoms with Gasteiger partial charge in [-0.1, -0.05) is 13.8 Å². The third kappa shape index (κ3) is 2.09. The quantitative estimate of drug-likeness (QED) is 0.894. The van der Waals surface area contributed by atoms with Crippen molar-refractivity contribution in [2.24, 2.45) is 5.92 Å². The Hall–Kier alpha value is -1.86. The van der Waals surface area contributed by atoms with Crippen LogP contribution in [0, 0.1) is 5.92 Å². The van der Waals surface area contributed by atoms with Gasteiger partial charge in [-0.3, -0.25) is 0 Å². The first-order valence-corrected chi connectivity index (χ1v) is 5.36. The summed E-state index contributed by atoms with van der Waals surface area (Å²) in [5.74, 6) is -0.179. The number of aromatic nitrogens is 4. The Morgan fingerprint density at radius 2 is 2.06 bits per heavy atom. The fourth-order valence-corrected chi connectivity index (χ4v) is 1.74. The number of rotatable bonds is 2. The van der Waals surface area contributed by atoms with Crippen LogP contribution in [0.15, 0.2) is 6.33 Å². The Balaban J connectivity index is 2.72. The molecule has 8 heteroatoms. The lowest BCUT2D eigenvalue weighted by atomic mass is 10.0. The standard InChI is InChI=1S/C10H12F3N5/c1-5(2)3-6-7(10(11,12)13)17-9-15-4-16-18(9)8(6)14/h4-5H,3,14H2,1-2H3. The zero-order chi connectivity index (χ0) is 13.5. The summed E-state index contributed by atoms with van der Waals surface area (Å²) in [7, 11) is 0. The number of hydrogen-bond acceptors (Lipinski definition) is 4. The summed E-state index contributed by atoms with van der Waals surface area (Å²) in [5.41, 5.74) is 4.72. The Morgan fingerprint density at radius 3 is 2.61 bits per heavy atom. The van der Waals surface area contributed by atoms with E-state index >= 15 is 0 Å². The molecule has 0 fully saturated rings. The van der Waals surface area contributed by atoms with Gasteiger partial charge in [-0.15, -0.1) is 0 Å². The predicted molar refractivity (Wildman–Crippen MR) is 58.7 cm³/mol. The number of halogens is 3. The van der Waals surface area contributed by atoms with E-state index in [9.17, 15) is 13.2 Å². The summed E-state index contributed by atoms with van der Waals surface area (Å²) < 4.78 is 39.9. The Morgan fingerprint density at radius 1 is 1.39 bits per heavy atom. The van der Waals surface area contributed by atoms with Crippen molar-refractivity contribution in [1.82, 2.24) is 19.6 Å². The summed E-state index contributed by atoms with van der Waals surface area (Å²) in [4.78, 5) is 7.14. The molecule has 2 rings (SSSR count). The number of alkyl halides is 3. The summed E-state index contributed by atoms with van der Waals surface area (Å²) >= 11 is 0. The first-order chi connectivity index (χ1) is 8.30. The van der Waals surface area contributed by atoms with Gasteiger partial charge in [-0.05, 0) is 12.3 Å². The van der Waals surface area contributed by atoms with Gasteiger partial charge in [-0.2, -0.15) is 27.8 Å². The van der Waals surface area contributed by atoms with E-state index in [1.54, 1.807) is 0 Å². The first kappa shape index (κ1) is 12.6. The molecule has 0 unspecified atom stereocenters. The van der Waals surface area contributed by atoms with E-state index < -0.39 is 11.9 Å². The van der Waals surface area contributed by atoms with Crippen molar-refractivity contribution < 1.29 is 13.2 Å². The van der Waals surface area contributed by atoms with Crippen LogP contribution >= 0.6 is 0 Å². The Bertz CT molecular complexity index is 573. The lowest BCUT2D eigenvalue weighted by Gasteiger charge is -2.15. The van der Waals surface area contributed by atoms with Gasteiger partial charge in [0.15, 0.2) is 5.69 Å². The maximum Gasteiger partial charge on any atom is 0.433 e. The molecule has 2 N–H and O–H groups in total. The molecule has 2 aromatic rings. The monoisotopic (exact) mass is 259 g/mol. The van der Waals surface area contributed by atoms with E-state index in [1.165, 1.54) is 0 Å². The molecule has 0 atom stereocenters. The molecule has 0 saturated heterocycles. The lowest BCUT2D eigenvalue weighted by Crippen LogP contribution is -2.18. The van der Waals surface area contributed by atoms with Gasteiger partial charge in [0, 0.05) is 5.56 Å². The van der Waals surface area contributed by atoms with Gasteiger partial charge in [0.25, 0.3) is 5.78 Å². The molecule has 0 saturated carbocycles. The SMILES string of the molecule is CC(C)Cc1c(C(F)(F)F)nc2ncnn2c1N. The Kier molecular flexibility index (Phi) is 2.88. The van der Waals surface area contributed by atoms with E-state index in [-0.39, 0.29) is 29.5 Å². The van der Waals surface area contributed by atoms with E-state index in [0.717, 1.165) is 10.8 Å². The predicted octanol–water partition coefficient (Wildman–Crippen LogP) is 1.92. The van der Waals surface area contributed by atoms with Crippen molar-refractivity contribution in [3.05, 3.63) is 17.6 Å². The second-order valence-corrected chi connectivity index (χ2v) is 4.39. The van der Waals surface area contributed by atoms with Crippen molar-refractivity contribution >= 4 is 11.6 Å². The number of nitrogen functional groups attached to an aromatic ring is 1.